The number of hydrogen-bond donors (Lipinski definition) is 1. The fraction of sp³-hybridized carbons (Fsp3) is 0.0833. The Hall–Kier alpha value is -1.49. The Balaban J connectivity index is 2.15. The molecular weight excluding hydrogens is 290 g/mol. The molecule has 0 aliphatic heterocycles. The summed E-state index contributed by atoms with van der Waals surface area (Å²) in [6.45, 7) is 0.274. The van der Waals surface area contributed by atoms with Crippen molar-refractivity contribution in [2.75, 3.05) is 5.32 Å². The topological polar surface area (TPSA) is 24.9 Å². The molecule has 0 atom stereocenters. The Bertz CT molecular complexity index is 494. The smallest absolute Gasteiger partial charge is 0.150 e. The standard InChI is InChI=1S/C12H9BrF2N2/c13-8-5-10(14)12(11(15)6-8)17-7-9-3-1-2-4-16-9/h1-6,17H,7H2. The van der Waals surface area contributed by atoms with Crippen LogP contribution in [0.2, 0.25) is 0 Å². The highest BCUT2D eigenvalue weighted by Crippen LogP contribution is 2.24. The number of nitrogens with one attached hydrogen (secondary N) is 1. The minimum Gasteiger partial charge on any atom is -0.375 e. The van der Waals surface area contributed by atoms with Crippen molar-refractivity contribution in [3.8, 4) is 0 Å². The molecule has 0 amide bonds. The largest absolute Gasteiger partial charge is 0.375 e. The molecule has 2 nitrogen and oxygen atoms in total. The van der Waals surface area contributed by atoms with Gasteiger partial charge in [0.2, 0.25) is 0 Å². The van der Waals surface area contributed by atoms with Crippen LogP contribution in [0, 0.1) is 11.6 Å². The number of halogens is 3. The zero-order valence-corrected chi connectivity index (χ0v) is 10.3. The van der Waals surface area contributed by atoms with Gasteiger partial charge in [0.25, 0.3) is 0 Å². The highest BCUT2D eigenvalue weighted by Gasteiger charge is 2.09. The monoisotopic (exact) mass is 298 g/mol. The van der Waals surface area contributed by atoms with Crippen LogP contribution in [0.4, 0.5) is 14.5 Å². The summed E-state index contributed by atoms with van der Waals surface area (Å²) in [4.78, 5) is 4.05. The first kappa shape index (κ1) is 12.0. The van der Waals surface area contributed by atoms with E-state index in [9.17, 15) is 8.78 Å². The number of hydrogen-bond acceptors (Lipinski definition) is 2. The number of anilines is 1. The molecule has 0 saturated carbocycles. The van der Waals surface area contributed by atoms with Crippen molar-refractivity contribution in [3.05, 3.63) is 58.3 Å². The molecule has 0 radical (unpaired) electrons. The number of aromatic nitrogens is 1. The van der Waals surface area contributed by atoms with E-state index in [4.69, 9.17) is 0 Å². The van der Waals surface area contributed by atoms with Crippen molar-refractivity contribution in [1.82, 2.24) is 4.98 Å². The summed E-state index contributed by atoms with van der Waals surface area (Å²) in [5.41, 5.74) is 0.577. The average Bonchev–Trinajstić information content (AvgIpc) is 2.29. The number of nitrogens with zero attached hydrogens (tertiary/aromatic N) is 1. The van der Waals surface area contributed by atoms with E-state index in [2.05, 4.69) is 26.2 Å². The first-order chi connectivity index (χ1) is 8.16. The van der Waals surface area contributed by atoms with Gasteiger partial charge in [0, 0.05) is 10.7 Å². The van der Waals surface area contributed by atoms with Crippen LogP contribution in [0.15, 0.2) is 41.0 Å². The maximum absolute atomic E-state index is 13.5. The second kappa shape index (κ2) is 5.23. The van der Waals surface area contributed by atoms with Crippen molar-refractivity contribution < 1.29 is 8.78 Å². The zero-order chi connectivity index (χ0) is 12.3. The Morgan fingerprint density at radius 2 is 1.88 bits per heavy atom. The number of rotatable bonds is 3. The second-order valence-corrected chi connectivity index (χ2v) is 4.33. The van der Waals surface area contributed by atoms with Crippen LogP contribution in [0.5, 0.6) is 0 Å². The van der Waals surface area contributed by atoms with Crippen LogP contribution >= 0.6 is 15.9 Å². The average molecular weight is 299 g/mol. The van der Waals surface area contributed by atoms with E-state index in [1.165, 1.54) is 12.1 Å². The molecule has 0 saturated heterocycles. The molecule has 88 valence electrons. The van der Waals surface area contributed by atoms with Gasteiger partial charge in [-0.25, -0.2) is 8.78 Å². The summed E-state index contributed by atoms with van der Waals surface area (Å²) in [6.07, 6.45) is 1.63. The molecule has 2 rings (SSSR count). The van der Waals surface area contributed by atoms with E-state index in [0.717, 1.165) is 0 Å². The van der Waals surface area contributed by atoms with Crippen molar-refractivity contribution in [2.24, 2.45) is 0 Å². The van der Waals surface area contributed by atoms with E-state index in [1.807, 2.05) is 6.07 Å². The van der Waals surface area contributed by atoms with Gasteiger partial charge >= 0.3 is 0 Å². The first-order valence-corrected chi connectivity index (χ1v) is 5.74. The fourth-order valence-electron chi connectivity index (χ4n) is 1.39. The molecule has 1 N–H and O–H groups in total. The lowest BCUT2D eigenvalue weighted by Crippen LogP contribution is -2.05. The summed E-state index contributed by atoms with van der Waals surface area (Å²) in [7, 11) is 0. The Morgan fingerprint density at radius 3 is 2.47 bits per heavy atom. The summed E-state index contributed by atoms with van der Waals surface area (Å²) in [6, 6.07) is 7.80. The van der Waals surface area contributed by atoms with Crippen LogP contribution in [0.25, 0.3) is 0 Å². The molecule has 0 spiro atoms. The van der Waals surface area contributed by atoms with E-state index in [0.29, 0.717) is 10.2 Å². The van der Waals surface area contributed by atoms with E-state index in [1.54, 1.807) is 18.3 Å². The van der Waals surface area contributed by atoms with Crippen LogP contribution in [0.1, 0.15) is 5.69 Å². The zero-order valence-electron chi connectivity index (χ0n) is 8.75. The van der Waals surface area contributed by atoms with Crippen molar-refractivity contribution in [1.29, 1.82) is 0 Å². The highest BCUT2D eigenvalue weighted by molar-refractivity contribution is 9.10. The third kappa shape index (κ3) is 3.00. The van der Waals surface area contributed by atoms with Crippen LogP contribution in [-0.2, 0) is 6.54 Å². The quantitative estimate of drug-likeness (QED) is 0.934. The molecule has 17 heavy (non-hydrogen) atoms. The lowest BCUT2D eigenvalue weighted by atomic mass is 10.2. The van der Waals surface area contributed by atoms with Gasteiger partial charge in [0.1, 0.15) is 17.3 Å². The van der Waals surface area contributed by atoms with Gasteiger partial charge in [-0.1, -0.05) is 22.0 Å². The molecule has 0 aliphatic carbocycles. The SMILES string of the molecule is Fc1cc(Br)cc(F)c1NCc1ccccn1. The van der Waals surface area contributed by atoms with E-state index < -0.39 is 11.6 Å². The first-order valence-electron chi connectivity index (χ1n) is 4.95. The minimum atomic E-state index is -0.632. The third-order valence-electron chi connectivity index (χ3n) is 2.18. The van der Waals surface area contributed by atoms with Gasteiger partial charge in [-0.15, -0.1) is 0 Å². The van der Waals surface area contributed by atoms with Gasteiger partial charge in [-0.2, -0.15) is 0 Å². The van der Waals surface area contributed by atoms with Gasteiger partial charge in [-0.05, 0) is 24.3 Å². The van der Waals surface area contributed by atoms with Crippen LogP contribution in [0.3, 0.4) is 0 Å². The molecule has 5 heteroatoms. The predicted molar refractivity (Wildman–Crippen MR) is 65.6 cm³/mol. The molecule has 1 heterocycles. The molecular formula is C12H9BrF2N2. The molecule has 0 bridgehead atoms. The number of benzene rings is 1. The van der Waals surface area contributed by atoms with E-state index in [-0.39, 0.29) is 12.2 Å². The van der Waals surface area contributed by atoms with Crippen molar-refractivity contribution in [2.45, 2.75) is 6.54 Å². The van der Waals surface area contributed by atoms with Crippen molar-refractivity contribution in [3.63, 3.8) is 0 Å². The Labute approximate surface area is 106 Å². The van der Waals surface area contributed by atoms with Crippen molar-refractivity contribution >= 4 is 21.6 Å². The van der Waals surface area contributed by atoms with E-state index >= 15 is 0 Å². The maximum Gasteiger partial charge on any atom is 0.150 e. The van der Waals surface area contributed by atoms with Gasteiger partial charge in [-0.3, -0.25) is 4.98 Å². The molecule has 0 fully saturated rings. The maximum atomic E-state index is 13.5. The van der Waals surface area contributed by atoms with Gasteiger partial charge < -0.3 is 5.32 Å². The van der Waals surface area contributed by atoms with Crippen LogP contribution in [-0.4, -0.2) is 4.98 Å². The van der Waals surface area contributed by atoms with Gasteiger partial charge in [0.15, 0.2) is 0 Å². The third-order valence-corrected chi connectivity index (χ3v) is 2.64. The molecule has 0 unspecified atom stereocenters. The fourth-order valence-corrected chi connectivity index (χ4v) is 1.79. The molecule has 1 aromatic carbocycles. The normalized spacial score (nSPS) is 10.3. The minimum absolute atomic E-state index is 0.140. The highest BCUT2D eigenvalue weighted by atomic mass is 79.9. The summed E-state index contributed by atoms with van der Waals surface area (Å²) in [5.74, 6) is -1.26. The number of pyridine rings is 1. The summed E-state index contributed by atoms with van der Waals surface area (Å²) in [5, 5.41) is 2.69. The lowest BCUT2D eigenvalue weighted by Gasteiger charge is -2.08. The molecule has 2 aromatic rings. The van der Waals surface area contributed by atoms with Gasteiger partial charge in [0.05, 0.1) is 12.2 Å². The summed E-state index contributed by atoms with van der Waals surface area (Å²) >= 11 is 3.02. The Kier molecular flexibility index (Phi) is 3.68. The predicted octanol–water partition coefficient (Wildman–Crippen LogP) is 3.73. The Morgan fingerprint density at radius 1 is 1.18 bits per heavy atom. The second-order valence-electron chi connectivity index (χ2n) is 3.42. The lowest BCUT2D eigenvalue weighted by molar-refractivity contribution is 0.586. The molecule has 1 aromatic heterocycles. The van der Waals surface area contributed by atoms with Crippen LogP contribution < -0.4 is 5.32 Å². The summed E-state index contributed by atoms with van der Waals surface area (Å²) < 4.78 is 27.3. The molecule has 0 aliphatic rings.